The topological polar surface area (TPSA) is 38.0 Å². The van der Waals surface area contributed by atoms with E-state index in [-0.39, 0.29) is 23.1 Å². The van der Waals surface area contributed by atoms with Gasteiger partial charge in [-0.25, -0.2) is 0 Å². The molecule has 0 aromatic heterocycles. The quantitative estimate of drug-likeness (QED) is 0.847. The summed E-state index contributed by atoms with van der Waals surface area (Å²) in [7, 11) is 0. The van der Waals surface area contributed by atoms with Crippen molar-refractivity contribution in [1.29, 1.82) is 0 Å². The average Bonchev–Trinajstić information content (AvgIpc) is 2.39. The summed E-state index contributed by atoms with van der Waals surface area (Å²) in [5.41, 5.74) is 8.22. The van der Waals surface area contributed by atoms with E-state index in [9.17, 15) is 0 Å². The molecule has 0 saturated carbocycles. The minimum atomic E-state index is 0. The zero-order valence-corrected chi connectivity index (χ0v) is 11.1. The molecule has 0 spiro atoms. The van der Waals surface area contributed by atoms with E-state index in [1.165, 1.54) is 21.9 Å². The van der Waals surface area contributed by atoms with Gasteiger partial charge in [0.05, 0.1) is 6.04 Å². The smallest absolute Gasteiger partial charge is 0.0516 e. The molecular weight excluding hydrogens is 264 g/mol. The molecule has 0 radical (unpaired) electrons. The van der Waals surface area contributed by atoms with E-state index in [0.717, 1.165) is 6.54 Å². The maximum atomic E-state index is 5.55. The Morgan fingerprint density at radius 2 is 1.89 bits per heavy atom. The van der Waals surface area contributed by atoms with Crippen molar-refractivity contribution >= 4 is 16.8 Å². The van der Waals surface area contributed by atoms with Gasteiger partial charge >= 0.3 is 0 Å². The van der Waals surface area contributed by atoms with Crippen molar-refractivity contribution in [2.75, 3.05) is 13.1 Å². The number of rotatable bonds is 3. The second kappa shape index (κ2) is 5.68. The minimum Gasteiger partial charge on any atom is -0.329 e. The summed E-state index contributed by atoms with van der Waals surface area (Å²) in [6.07, 6.45) is 4.41. The maximum Gasteiger partial charge on any atom is 0.0516 e. The number of nitrogens with one attached hydrogen (secondary N) is 1. The third kappa shape index (κ3) is 2.23. The van der Waals surface area contributed by atoms with Gasteiger partial charge in [0.15, 0.2) is 0 Å². The molecule has 1 aliphatic rings. The average molecular weight is 280 g/mol. The first kappa shape index (κ1) is 13.3. The van der Waals surface area contributed by atoms with Gasteiger partial charge in [-0.05, 0) is 21.9 Å². The van der Waals surface area contributed by atoms with Crippen LogP contribution in [0.2, 0.25) is 0 Å². The van der Waals surface area contributed by atoms with Crippen LogP contribution in [-0.4, -0.2) is 13.1 Å². The number of benzene rings is 2. The van der Waals surface area contributed by atoms with Gasteiger partial charge < -0.3 is 11.1 Å². The normalized spacial score (nSPS) is 16.6. The molecule has 0 amide bonds. The van der Waals surface area contributed by atoms with Crippen LogP contribution in [-0.2, 0) is 17.1 Å². The van der Waals surface area contributed by atoms with Crippen molar-refractivity contribution in [2.45, 2.75) is 6.04 Å². The molecule has 1 aliphatic carbocycles. The summed E-state index contributed by atoms with van der Waals surface area (Å²) in [6.45, 7) is 1.51. The van der Waals surface area contributed by atoms with Crippen molar-refractivity contribution in [1.82, 2.24) is 5.32 Å². The summed E-state index contributed by atoms with van der Waals surface area (Å²) < 4.78 is 0. The molecule has 0 saturated heterocycles. The van der Waals surface area contributed by atoms with E-state index < -0.39 is 0 Å². The minimum absolute atomic E-state index is 0. The molecule has 0 aliphatic heterocycles. The molecular formula is C15H16FeN2. The molecule has 3 heteroatoms. The third-order valence-electron chi connectivity index (χ3n) is 3.28. The Labute approximate surface area is 118 Å². The predicted octanol–water partition coefficient (Wildman–Crippen LogP) is 2.45. The van der Waals surface area contributed by atoms with E-state index >= 15 is 0 Å². The summed E-state index contributed by atoms with van der Waals surface area (Å²) in [5, 5.41) is 6.14. The Bertz CT molecular complexity index is 572. The van der Waals surface area contributed by atoms with E-state index in [0.29, 0.717) is 6.54 Å². The molecule has 18 heavy (non-hydrogen) atoms. The van der Waals surface area contributed by atoms with Gasteiger partial charge in [-0.1, -0.05) is 48.6 Å². The van der Waals surface area contributed by atoms with Gasteiger partial charge in [0.2, 0.25) is 0 Å². The van der Waals surface area contributed by atoms with Crippen LogP contribution in [0.5, 0.6) is 0 Å². The van der Waals surface area contributed by atoms with E-state index in [2.05, 4.69) is 53.9 Å². The Morgan fingerprint density at radius 3 is 2.67 bits per heavy atom. The van der Waals surface area contributed by atoms with Crippen LogP contribution in [0.4, 0.5) is 0 Å². The van der Waals surface area contributed by atoms with Gasteiger partial charge in [0, 0.05) is 30.2 Å². The molecule has 0 fully saturated rings. The van der Waals surface area contributed by atoms with Crippen LogP contribution < -0.4 is 11.1 Å². The summed E-state index contributed by atoms with van der Waals surface area (Å²) >= 11 is 0. The molecule has 2 aromatic carbocycles. The van der Waals surface area contributed by atoms with Crippen molar-refractivity contribution in [2.24, 2.45) is 5.73 Å². The molecule has 3 N–H and O–H groups in total. The van der Waals surface area contributed by atoms with E-state index in [4.69, 9.17) is 5.73 Å². The first-order valence-corrected chi connectivity index (χ1v) is 6.03. The summed E-state index contributed by atoms with van der Waals surface area (Å²) in [5.74, 6) is 0. The molecule has 2 nitrogen and oxygen atoms in total. The fraction of sp³-hybridized carbons (Fsp3) is 0.200. The Kier molecular flexibility index (Phi) is 4.20. The zero-order valence-electron chi connectivity index (χ0n) is 10.0. The summed E-state index contributed by atoms with van der Waals surface area (Å²) in [6, 6.07) is 13.2. The zero-order chi connectivity index (χ0) is 11.7. The second-order valence-corrected chi connectivity index (χ2v) is 4.37. The van der Waals surface area contributed by atoms with Gasteiger partial charge in [-0.15, -0.1) is 0 Å². The molecule has 94 valence electrons. The van der Waals surface area contributed by atoms with E-state index in [1.807, 2.05) is 0 Å². The van der Waals surface area contributed by atoms with Crippen molar-refractivity contribution in [3.63, 3.8) is 0 Å². The fourth-order valence-electron chi connectivity index (χ4n) is 2.52. The van der Waals surface area contributed by atoms with Crippen molar-refractivity contribution in [3.8, 4) is 0 Å². The number of hydrogen-bond acceptors (Lipinski definition) is 2. The predicted molar refractivity (Wildman–Crippen MR) is 72.8 cm³/mol. The number of nitrogens with two attached hydrogens (primary N) is 1. The van der Waals surface area contributed by atoms with Crippen LogP contribution in [0.15, 0.2) is 42.5 Å². The largest absolute Gasteiger partial charge is 0.329 e. The molecule has 3 rings (SSSR count). The standard InChI is InChI=1S/C15H16N2.Fe/c16-9-10-17-14-8-7-12-4-1-3-11-5-2-6-13(14)15(11)12;/h1-8,14,17H,9-10,16H2;. The number of hydrogen-bond donors (Lipinski definition) is 2. The Hall–Kier alpha value is -1.12. The first-order chi connectivity index (χ1) is 8.40. The SMILES string of the molecule is NCCNC1C=Cc2cccc3cccc1c23.[Fe]. The molecule has 0 heterocycles. The van der Waals surface area contributed by atoms with Crippen LogP contribution >= 0.6 is 0 Å². The van der Waals surface area contributed by atoms with Gasteiger partial charge in [0.25, 0.3) is 0 Å². The van der Waals surface area contributed by atoms with E-state index in [1.54, 1.807) is 0 Å². The first-order valence-electron chi connectivity index (χ1n) is 6.03. The van der Waals surface area contributed by atoms with Gasteiger partial charge in [-0.3, -0.25) is 0 Å². The molecule has 2 aromatic rings. The maximum absolute atomic E-state index is 5.55. The molecule has 1 atom stereocenters. The Balaban J connectivity index is 0.00000120. The fourth-order valence-corrected chi connectivity index (χ4v) is 2.52. The second-order valence-electron chi connectivity index (χ2n) is 4.37. The monoisotopic (exact) mass is 280 g/mol. The van der Waals surface area contributed by atoms with Crippen molar-refractivity contribution < 1.29 is 17.1 Å². The van der Waals surface area contributed by atoms with Crippen molar-refractivity contribution in [3.05, 3.63) is 53.6 Å². The summed E-state index contributed by atoms with van der Waals surface area (Å²) in [4.78, 5) is 0. The van der Waals surface area contributed by atoms with Crippen LogP contribution in [0.1, 0.15) is 17.2 Å². The molecule has 0 bridgehead atoms. The Morgan fingerprint density at radius 1 is 1.11 bits per heavy atom. The third-order valence-corrected chi connectivity index (χ3v) is 3.28. The molecule has 1 unspecified atom stereocenters. The van der Waals surface area contributed by atoms with Gasteiger partial charge in [0.1, 0.15) is 0 Å². The van der Waals surface area contributed by atoms with Gasteiger partial charge in [-0.2, -0.15) is 0 Å². The van der Waals surface area contributed by atoms with Crippen LogP contribution in [0.25, 0.3) is 16.8 Å². The van der Waals surface area contributed by atoms with Crippen LogP contribution in [0.3, 0.4) is 0 Å². The van der Waals surface area contributed by atoms with Crippen LogP contribution in [0, 0.1) is 0 Å².